The van der Waals surface area contributed by atoms with Gasteiger partial charge in [-0.25, -0.2) is 4.79 Å². The predicted molar refractivity (Wildman–Crippen MR) is 65.4 cm³/mol. The minimum atomic E-state index is -0.938. The zero-order chi connectivity index (χ0) is 12.3. The molecule has 3 heteroatoms. The van der Waals surface area contributed by atoms with Crippen molar-refractivity contribution in [3.05, 3.63) is 54.1 Å². The van der Waals surface area contributed by atoms with E-state index in [0.717, 1.165) is 5.56 Å². The summed E-state index contributed by atoms with van der Waals surface area (Å²) in [4.78, 5) is 11.2. The molecule has 86 valence electrons. The Morgan fingerprint density at radius 3 is 2.41 bits per heavy atom. The van der Waals surface area contributed by atoms with Gasteiger partial charge >= 0.3 is 5.97 Å². The van der Waals surface area contributed by atoms with E-state index in [-0.39, 0.29) is 5.56 Å². The third kappa shape index (κ3) is 2.28. The molecule has 0 aromatic heterocycles. The van der Waals surface area contributed by atoms with Crippen LogP contribution in [0.15, 0.2) is 48.5 Å². The van der Waals surface area contributed by atoms with Gasteiger partial charge in [0, 0.05) is 0 Å². The Morgan fingerprint density at radius 2 is 1.82 bits per heavy atom. The van der Waals surface area contributed by atoms with Gasteiger partial charge in [0.2, 0.25) is 0 Å². The number of hydrogen-bond donors (Lipinski definition) is 1. The van der Waals surface area contributed by atoms with Crippen LogP contribution in [-0.2, 0) is 0 Å². The molecule has 0 saturated heterocycles. The highest BCUT2D eigenvalue weighted by Crippen LogP contribution is 2.27. The predicted octanol–water partition coefficient (Wildman–Crippen LogP) is 3.06. The van der Waals surface area contributed by atoms with Crippen LogP contribution in [0, 0.1) is 0 Å². The number of ether oxygens (including phenoxy) is 1. The van der Waals surface area contributed by atoms with Crippen molar-refractivity contribution in [1.29, 1.82) is 0 Å². The summed E-state index contributed by atoms with van der Waals surface area (Å²) in [6, 6.07) is 14.3. The van der Waals surface area contributed by atoms with Crippen molar-refractivity contribution < 1.29 is 14.6 Å². The van der Waals surface area contributed by atoms with E-state index in [1.807, 2.05) is 30.3 Å². The van der Waals surface area contributed by atoms with Crippen molar-refractivity contribution in [2.75, 3.05) is 7.11 Å². The van der Waals surface area contributed by atoms with Gasteiger partial charge in [0.25, 0.3) is 0 Å². The summed E-state index contributed by atoms with van der Waals surface area (Å²) in [5.74, 6) is -0.291. The molecule has 2 rings (SSSR count). The number of methoxy groups -OCH3 is 1. The summed E-state index contributed by atoms with van der Waals surface area (Å²) in [5.41, 5.74) is 1.80. The van der Waals surface area contributed by atoms with Crippen LogP contribution in [0.2, 0.25) is 0 Å². The van der Waals surface area contributed by atoms with Crippen LogP contribution in [0.5, 0.6) is 5.75 Å². The normalized spacial score (nSPS) is 9.94. The average Bonchev–Trinajstić information content (AvgIpc) is 2.39. The monoisotopic (exact) mass is 228 g/mol. The summed E-state index contributed by atoms with van der Waals surface area (Å²) in [6.07, 6.45) is 0. The second-order valence-electron chi connectivity index (χ2n) is 3.58. The van der Waals surface area contributed by atoms with Gasteiger partial charge in [-0.1, -0.05) is 30.3 Å². The number of aromatic carboxylic acids is 1. The maximum absolute atomic E-state index is 11.2. The summed E-state index contributed by atoms with van der Waals surface area (Å²) in [5, 5.41) is 9.15. The molecule has 0 aliphatic heterocycles. The molecule has 17 heavy (non-hydrogen) atoms. The molecule has 0 atom stereocenters. The van der Waals surface area contributed by atoms with Crippen LogP contribution in [0.4, 0.5) is 0 Å². The Hall–Kier alpha value is -2.29. The first-order chi connectivity index (χ1) is 8.22. The van der Waals surface area contributed by atoms with Gasteiger partial charge in [-0.05, 0) is 29.3 Å². The molecular formula is C14H12O3. The summed E-state index contributed by atoms with van der Waals surface area (Å²) in [7, 11) is 1.56. The Labute approximate surface area is 99.3 Å². The number of rotatable bonds is 3. The summed E-state index contributed by atoms with van der Waals surface area (Å²) >= 11 is 0. The fourth-order valence-electron chi connectivity index (χ4n) is 1.69. The molecule has 0 bridgehead atoms. The van der Waals surface area contributed by atoms with Crippen molar-refractivity contribution in [2.24, 2.45) is 0 Å². The van der Waals surface area contributed by atoms with E-state index in [1.165, 1.54) is 0 Å². The highest BCUT2D eigenvalue weighted by Gasteiger charge is 2.12. The van der Waals surface area contributed by atoms with Crippen LogP contribution in [0.1, 0.15) is 10.4 Å². The van der Waals surface area contributed by atoms with E-state index in [4.69, 9.17) is 9.84 Å². The fraction of sp³-hybridized carbons (Fsp3) is 0.0714. The molecule has 2 aromatic carbocycles. The largest absolute Gasteiger partial charge is 0.497 e. The molecule has 0 radical (unpaired) electrons. The number of carbonyl (C=O) groups is 1. The molecule has 2 aromatic rings. The van der Waals surface area contributed by atoms with E-state index in [0.29, 0.717) is 11.3 Å². The Kier molecular flexibility index (Phi) is 3.10. The number of carboxylic acids is 1. The van der Waals surface area contributed by atoms with Gasteiger partial charge in [0.1, 0.15) is 5.75 Å². The van der Waals surface area contributed by atoms with E-state index >= 15 is 0 Å². The summed E-state index contributed by atoms with van der Waals surface area (Å²) < 4.78 is 5.12. The minimum absolute atomic E-state index is 0.275. The lowest BCUT2D eigenvalue weighted by molar-refractivity contribution is 0.0697. The van der Waals surface area contributed by atoms with Crippen LogP contribution in [-0.4, -0.2) is 18.2 Å². The van der Waals surface area contributed by atoms with E-state index in [9.17, 15) is 4.79 Å². The van der Waals surface area contributed by atoms with E-state index in [1.54, 1.807) is 25.3 Å². The van der Waals surface area contributed by atoms with Crippen molar-refractivity contribution >= 4 is 5.97 Å². The maximum Gasteiger partial charge on any atom is 0.336 e. The average molecular weight is 228 g/mol. The molecule has 0 saturated carbocycles. The second-order valence-corrected chi connectivity index (χ2v) is 3.58. The smallest absolute Gasteiger partial charge is 0.336 e. The molecule has 0 heterocycles. The van der Waals surface area contributed by atoms with Gasteiger partial charge in [-0.2, -0.15) is 0 Å². The van der Waals surface area contributed by atoms with Crippen LogP contribution in [0.25, 0.3) is 11.1 Å². The quantitative estimate of drug-likeness (QED) is 0.878. The molecular weight excluding hydrogens is 216 g/mol. The molecule has 0 spiro atoms. The van der Waals surface area contributed by atoms with Gasteiger partial charge in [0.05, 0.1) is 12.7 Å². The third-order valence-corrected chi connectivity index (χ3v) is 2.54. The standard InChI is InChI=1S/C14H12O3/c1-17-11-7-8-12(14(15)16)13(9-11)10-5-3-2-4-6-10/h2-9H,1H3,(H,15,16). The SMILES string of the molecule is COc1ccc(C(=O)O)c(-c2ccccc2)c1. The molecule has 3 nitrogen and oxygen atoms in total. The number of hydrogen-bond acceptors (Lipinski definition) is 2. The second kappa shape index (κ2) is 4.70. The first-order valence-electron chi connectivity index (χ1n) is 5.19. The van der Waals surface area contributed by atoms with Gasteiger partial charge in [-0.15, -0.1) is 0 Å². The lowest BCUT2D eigenvalue weighted by Crippen LogP contribution is -2.00. The number of carboxylic acid groups (broad SMARTS) is 1. The zero-order valence-corrected chi connectivity index (χ0v) is 9.38. The maximum atomic E-state index is 11.2. The Morgan fingerprint density at radius 1 is 1.12 bits per heavy atom. The Balaban J connectivity index is 2.61. The van der Waals surface area contributed by atoms with Crippen molar-refractivity contribution in [3.8, 4) is 16.9 Å². The fourth-order valence-corrected chi connectivity index (χ4v) is 1.69. The minimum Gasteiger partial charge on any atom is -0.497 e. The zero-order valence-electron chi connectivity index (χ0n) is 9.38. The van der Waals surface area contributed by atoms with Gasteiger partial charge in [0.15, 0.2) is 0 Å². The third-order valence-electron chi connectivity index (χ3n) is 2.54. The first kappa shape index (κ1) is 11.2. The molecule has 0 aliphatic rings. The van der Waals surface area contributed by atoms with Crippen molar-refractivity contribution in [3.63, 3.8) is 0 Å². The van der Waals surface area contributed by atoms with E-state index in [2.05, 4.69) is 0 Å². The molecule has 0 fully saturated rings. The van der Waals surface area contributed by atoms with Crippen molar-refractivity contribution in [1.82, 2.24) is 0 Å². The lowest BCUT2D eigenvalue weighted by atomic mass is 9.99. The van der Waals surface area contributed by atoms with Gasteiger partial charge < -0.3 is 9.84 Å². The molecule has 0 unspecified atom stereocenters. The lowest BCUT2D eigenvalue weighted by Gasteiger charge is -2.08. The molecule has 0 amide bonds. The van der Waals surface area contributed by atoms with Gasteiger partial charge in [-0.3, -0.25) is 0 Å². The van der Waals surface area contributed by atoms with Crippen LogP contribution < -0.4 is 4.74 Å². The number of benzene rings is 2. The summed E-state index contributed by atoms with van der Waals surface area (Å²) in [6.45, 7) is 0. The van der Waals surface area contributed by atoms with Crippen LogP contribution in [0.3, 0.4) is 0 Å². The Bertz CT molecular complexity index is 532. The van der Waals surface area contributed by atoms with Crippen LogP contribution >= 0.6 is 0 Å². The molecule has 1 N–H and O–H groups in total. The highest BCUT2D eigenvalue weighted by molar-refractivity contribution is 5.96. The molecule has 0 aliphatic carbocycles. The van der Waals surface area contributed by atoms with E-state index < -0.39 is 5.97 Å². The highest BCUT2D eigenvalue weighted by atomic mass is 16.5. The topological polar surface area (TPSA) is 46.5 Å². The first-order valence-corrected chi connectivity index (χ1v) is 5.19. The van der Waals surface area contributed by atoms with Crippen molar-refractivity contribution in [2.45, 2.75) is 0 Å².